The minimum atomic E-state index is -1.31. The van der Waals surface area contributed by atoms with Crippen molar-refractivity contribution in [3.05, 3.63) is 75.0 Å². The summed E-state index contributed by atoms with van der Waals surface area (Å²) in [6.07, 6.45) is -0.248. The highest BCUT2D eigenvalue weighted by Crippen LogP contribution is 2.34. The molecule has 0 bridgehead atoms. The van der Waals surface area contributed by atoms with Gasteiger partial charge in [-0.3, -0.25) is 9.59 Å². The molecule has 0 aliphatic carbocycles. The van der Waals surface area contributed by atoms with Gasteiger partial charge in [0.1, 0.15) is 34.6 Å². The largest absolute Gasteiger partial charge is 0.496 e. The van der Waals surface area contributed by atoms with Crippen molar-refractivity contribution in [3.63, 3.8) is 0 Å². The van der Waals surface area contributed by atoms with Gasteiger partial charge in [-0.05, 0) is 35.2 Å². The molecule has 2 aromatic carbocycles. The number of hydrogen-bond acceptors (Lipinski definition) is 6. The summed E-state index contributed by atoms with van der Waals surface area (Å²) >= 11 is 0.829. The molecule has 10 heteroatoms. The molecule has 0 unspecified atom stereocenters. The molecule has 0 fully saturated rings. The van der Waals surface area contributed by atoms with Crippen LogP contribution in [0.1, 0.15) is 31.2 Å². The summed E-state index contributed by atoms with van der Waals surface area (Å²) in [5.74, 6) is -4.04. The summed E-state index contributed by atoms with van der Waals surface area (Å²) in [5.41, 5.74) is -0.0896. The number of carboxylic acids is 1. The molecule has 2 heterocycles. The molecular weight excluding hydrogens is 444 g/mol. The lowest BCUT2D eigenvalue weighted by Gasteiger charge is -2.26. The van der Waals surface area contributed by atoms with Crippen molar-refractivity contribution in [1.82, 2.24) is 0 Å². The highest BCUT2D eigenvalue weighted by atomic mass is 32.1. The van der Waals surface area contributed by atoms with E-state index in [1.54, 1.807) is 6.07 Å². The lowest BCUT2D eigenvalue weighted by Crippen LogP contribution is -2.43. The predicted octanol–water partition coefficient (Wildman–Crippen LogP) is 4.04. The van der Waals surface area contributed by atoms with Gasteiger partial charge >= 0.3 is 5.97 Å². The first kappa shape index (κ1) is 21.4. The number of benzene rings is 2. The van der Waals surface area contributed by atoms with Gasteiger partial charge in [0, 0.05) is 6.07 Å². The number of rotatable bonds is 6. The zero-order valence-electron chi connectivity index (χ0n) is 16.6. The summed E-state index contributed by atoms with van der Waals surface area (Å²) in [7, 11) is 1.38. The number of ether oxygens (including phenoxy) is 2. The number of carbonyl (C=O) groups is 3. The standard InChI is InChI=1S/C22H15F2NO6S/c1-30-17-4-2-3-14(23)13(17)9-31-12-5-6-15(24)16(8-12)25-18(26)7-11-10-32-20(22(28)29)19(11)21(25)27/h2-6,8,10H,7,9H2,1H3,(H,28,29). The number of imide groups is 1. The smallest absolute Gasteiger partial charge is 0.346 e. The van der Waals surface area contributed by atoms with Crippen LogP contribution in [-0.4, -0.2) is 30.0 Å². The van der Waals surface area contributed by atoms with E-state index in [-0.39, 0.29) is 51.8 Å². The van der Waals surface area contributed by atoms with Gasteiger partial charge in [-0.2, -0.15) is 0 Å². The zero-order chi connectivity index (χ0) is 23.0. The number of halogens is 2. The number of fused-ring (bicyclic) bond motifs is 1. The van der Waals surface area contributed by atoms with Crippen LogP contribution in [0.3, 0.4) is 0 Å². The van der Waals surface area contributed by atoms with Crippen LogP contribution in [0.15, 0.2) is 41.8 Å². The zero-order valence-corrected chi connectivity index (χ0v) is 17.4. The minimum absolute atomic E-state index is 0.0712. The van der Waals surface area contributed by atoms with Gasteiger partial charge in [0.05, 0.1) is 30.3 Å². The number of anilines is 1. The molecule has 1 aliphatic rings. The number of methoxy groups -OCH3 is 1. The van der Waals surface area contributed by atoms with Crippen molar-refractivity contribution in [2.75, 3.05) is 12.0 Å². The number of carbonyl (C=O) groups excluding carboxylic acids is 2. The van der Waals surface area contributed by atoms with Gasteiger partial charge in [-0.1, -0.05) is 6.07 Å². The highest BCUT2D eigenvalue weighted by Gasteiger charge is 2.38. The molecule has 1 aliphatic heterocycles. The number of carboxylic acid groups (broad SMARTS) is 1. The van der Waals surface area contributed by atoms with Gasteiger partial charge < -0.3 is 14.6 Å². The van der Waals surface area contributed by atoms with Crippen molar-refractivity contribution in [2.45, 2.75) is 13.0 Å². The SMILES string of the molecule is COc1cccc(F)c1COc1ccc(F)c(N2C(=O)Cc3csc(C(=O)O)c3C2=O)c1. The molecule has 2 amide bonds. The molecule has 0 atom stereocenters. The van der Waals surface area contributed by atoms with Crippen molar-refractivity contribution in [2.24, 2.45) is 0 Å². The molecule has 32 heavy (non-hydrogen) atoms. The average Bonchev–Trinajstić information content (AvgIpc) is 3.19. The fourth-order valence-corrected chi connectivity index (χ4v) is 4.30. The number of hydrogen-bond donors (Lipinski definition) is 1. The maximum atomic E-state index is 14.6. The second-order valence-electron chi connectivity index (χ2n) is 6.80. The maximum Gasteiger partial charge on any atom is 0.346 e. The Morgan fingerprint density at radius 3 is 2.69 bits per heavy atom. The average molecular weight is 459 g/mol. The minimum Gasteiger partial charge on any atom is -0.496 e. The fraction of sp³-hybridized carbons (Fsp3) is 0.136. The molecule has 4 rings (SSSR count). The Bertz CT molecular complexity index is 1260. The van der Waals surface area contributed by atoms with E-state index >= 15 is 0 Å². The van der Waals surface area contributed by atoms with Crippen molar-refractivity contribution in [3.8, 4) is 11.5 Å². The summed E-state index contributed by atoms with van der Waals surface area (Å²) < 4.78 is 39.4. The van der Waals surface area contributed by atoms with Gasteiger partial charge in [0.2, 0.25) is 5.91 Å². The first-order valence-corrected chi connectivity index (χ1v) is 10.1. The molecular formula is C22H15F2NO6S. The lowest BCUT2D eigenvalue weighted by atomic mass is 10.0. The molecule has 7 nitrogen and oxygen atoms in total. The van der Waals surface area contributed by atoms with Crippen LogP contribution in [0.25, 0.3) is 0 Å². The van der Waals surface area contributed by atoms with Crippen LogP contribution in [0.2, 0.25) is 0 Å². The van der Waals surface area contributed by atoms with E-state index in [1.807, 2.05) is 0 Å². The second-order valence-corrected chi connectivity index (χ2v) is 7.68. The van der Waals surface area contributed by atoms with Gasteiger partial charge in [-0.15, -0.1) is 11.3 Å². The molecule has 0 saturated carbocycles. The Labute approximate surface area is 184 Å². The van der Waals surface area contributed by atoms with Crippen LogP contribution < -0.4 is 14.4 Å². The molecule has 1 aromatic heterocycles. The molecule has 1 N–H and O–H groups in total. The third kappa shape index (κ3) is 3.69. The van der Waals surface area contributed by atoms with Crippen molar-refractivity contribution >= 4 is 34.8 Å². The third-order valence-electron chi connectivity index (χ3n) is 4.91. The topological polar surface area (TPSA) is 93.1 Å². The van der Waals surface area contributed by atoms with Gasteiger partial charge in [0.25, 0.3) is 5.91 Å². The van der Waals surface area contributed by atoms with Gasteiger partial charge in [0.15, 0.2) is 0 Å². The summed E-state index contributed by atoms with van der Waals surface area (Å²) in [4.78, 5) is 37.4. The Morgan fingerprint density at radius 1 is 1.19 bits per heavy atom. The highest BCUT2D eigenvalue weighted by molar-refractivity contribution is 7.12. The first-order chi connectivity index (χ1) is 15.3. The molecule has 164 valence electrons. The molecule has 0 saturated heterocycles. The third-order valence-corrected chi connectivity index (χ3v) is 5.92. The Hall–Kier alpha value is -3.79. The molecule has 0 radical (unpaired) electrons. The first-order valence-electron chi connectivity index (χ1n) is 9.26. The van der Waals surface area contributed by atoms with E-state index in [9.17, 15) is 28.3 Å². The van der Waals surface area contributed by atoms with Gasteiger partial charge in [-0.25, -0.2) is 18.5 Å². The monoisotopic (exact) mass is 459 g/mol. The second kappa shape index (κ2) is 8.39. The van der Waals surface area contributed by atoms with Crippen molar-refractivity contribution in [1.29, 1.82) is 0 Å². The molecule has 3 aromatic rings. The number of thiophene rings is 1. The van der Waals surface area contributed by atoms with Crippen LogP contribution >= 0.6 is 11.3 Å². The molecule has 0 spiro atoms. The Morgan fingerprint density at radius 2 is 1.97 bits per heavy atom. The maximum absolute atomic E-state index is 14.6. The number of aromatic carboxylic acids is 1. The summed E-state index contributed by atoms with van der Waals surface area (Å²) in [6.45, 7) is -0.249. The summed E-state index contributed by atoms with van der Waals surface area (Å²) in [6, 6.07) is 7.68. The van der Waals surface area contributed by atoms with Crippen LogP contribution in [-0.2, 0) is 17.8 Å². The van der Waals surface area contributed by atoms with E-state index in [4.69, 9.17) is 9.47 Å². The fourth-order valence-electron chi connectivity index (χ4n) is 3.41. The van der Waals surface area contributed by atoms with E-state index < -0.39 is 29.4 Å². The van der Waals surface area contributed by atoms with Crippen molar-refractivity contribution < 1.29 is 37.7 Å². The number of nitrogens with zero attached hydrogens (tertiary/aromatic N) is 1. The normalized spacial score (nSPS) is 13.2. The quantitative estimate of drug-likeness (QED) is 0.560. The Balaban J connectivity index is 1.66. The van der Waals surface area contributed by atoms with E-state index in [2.05, 4.69) is 0 Å². The van der Waals surface area contributed by atoms with Crippen LogP contribution in [0.4, 0.5) is 14.5 Å². The van der Waals surface area contributed by atoms with E-state index in [0.717, 1.165) is 23.5 Å². The van der Waals surface area contributed by atoms with Crippen LogP contribution in [0.5, 0.6) is 11.5 Å². The van der Waals surface area contributed by atoms with E-state index in [1.165, 1.54) is 30.7 Å². The number of amides is 2. The van der Waals surface area contributed by atoms with Crippen LogP contribution in [0, 0.1) is 11.6 Å². The lowest BCUT2D eigenvalue weighted by molar-refractivity contribution is -0.117. The van der Waals surface area contributed by atoms with E-state index in [0.29, 0.717) is 4.90 Å². The predicted molar refractivity (Wildman–Crippen MR) is 110 cm³/mol. The summed E-state index contributed by atoms with van der Waals surface area (Å²) in [5, 5.41) is 10.8. The Kier molecular flexibility index (Phi) is 5.62.